The average Bonchev–Trinajstić information content (AvgIpc) is 3.04. The molecule has 0 saturated carbocycles. The van der Waals surface area contributed by atoms with E-state index in [0.717, 1.165) is 42.8 Å². The van der Waals surface area contributed by atoms with Crippen LogP contribution >= 0.6 is 0 Å². The summed E-state index contributed by atoms with van der Waals surface area (Å²) in [4.78, 5) is 46.6. The van der Waals surface area contributed by atoms with Gasteiger partial charge in [0.15, 0.2) is 6.61 Å². The number of nitrogens with one attached hydrogen (secondary N) is 3. The van der Waals surface area contributed by atoms with Crippen LogP contribution in [0, 0.1) is 12.3 Å². The molecule has 1 fully saturated rings. The van der Waals surface area contributed by atoms with Gasteiger partial charge in [0.1, 0.15) is 5.75 Å². The van der Waals surface area contributed by atoms with Crippen molar-refractivity contribution in [3.63, 3.8) is 0 Å². The number of methoxy groups -OCH3 is 1. The molecule has 3 aliphatic rings. The molecule has 11 nitrogen and oxygen atoms in total. The summed E-state index contributed by atoms with van der Waals surface area (Å²) in [5.74, 6) is 0.209. The summed E-state index contributed by atoms with van der Waals surface area (Å²) in [5, 5.41) is 9.30. The molecule has 1 unspecified atom stereocenters. The lowest BCUT2D eigenvalue weighted by Gasteiger charge is -2.35. The lowest BCUT2D eigenvalue weighted by Crippen LogP contribution is -2.53. The number of carbonyl (C=O) groups excluding carboxylic acids is 3. The molecule has 45 heavy (non-hydrogen) atoms. The average molecular weight is 624 g/mol. The molecule has 1 saturated heterocycles. The third-order valence-corrected chi connectivity index (χ3v) is 8.47. The van der Waals surface area contributed by atoms with Crippen LogP contribution in [0.2, 0.25) is 0 Å². The first-order valence-corrected chi connectivity index (χ1v) is 16.1. The van der Waals surface area contributed by atoms with Crippen molar-refractivity contribution in [2.24, 2.45) is 5.41 Å². The largest absolute Gasteiger partial charge is 0.484 e. The molecule has 2 bridgehead atoms. The van der Waals surface area contributed by atoms with E-state index in [1.165, 1.54) is 0 Å². The maximum absolute atomic E-state index is 14.0. The summed E-state index contributed by atoms with van der Waals surface area (Å²) < 4.78 is 16.7. The number of aryl methyl sites for hydroxylation is 1. The minimum atomic E-state index is -0.921. The van der Waals surface area contributed by atoms with Gasteiger partial charge in [0.25, 0.3) is 5.91 Å². The van der Waals surface area contributed by atoms with E-state index in [1.54, 1.807) is 7.11 Å². The highest BCUT2D eigenvalue weighted by Crippen LogP contribution is 2.30. The first kappa shape index (κ1) is 34.3. The van der Waals surface area contributed by atoms with E-state index in [4.69, 9.17) is 14.2 Å². The van der Waals surface area contributed by atoms with Gasteiger partial charge in [0, 0.05) is 71.3 Å². The number of aromatic nitrogens is 1. The van der Waals surface area contributed by atoms with Crippen molar-refractivity contribution < 1.29 is 28.6 Å². The molecule has 5 rings (SSSR count). The van der Waals surface area contributed by atoms with Crippen LogP contribution in [0.25, 0.3) is 0 Å². The summed E-state index contributed by atoms with van der Waals surface area (Å²) >= 11 is 0. The minimum Gasteiger partial charge on any atom is -0.484 e. The van der Waals surface area contributed by atoms with Crippen LogP contribution in [-0.2, 0) is 36.8 Å². The van der Waals surface area contributed by atoms with Crippen LogP contribution < -0.4 is 20.7 Å². The van der Waals surface area contributed by atoms with Crippen LogP contribution in [0.15, 0.2) is 42.5 Å². The van der Waals surface area contributed by atoms with Crippen LogP contribution in [0.4, 0.5) is 0 Å². The fourth-order valence-electron chi connectivity index (χ4n) is 5.82. The Labute approximate surface area is 266 Å². The molecular formula is C34H49N5O6. The van der Waals surface area contributed by atoms with Crippen LogP contribution in [-0.4, -0.2) is 93.4 Å². The van der Waals surface area contributed by atoms with E-state index < -0.39 is 5.41 Å². The van der Waals surface area contributed by atoms with Gasteiger partial charge in [0.2, 0.25) is 11.8 Å². The number of fused-ring (bicyclic) bond motifs is 17. The highest BCUT2D eigenvalue weighted by atomic mass is 16.5. The molecule has 3 N–H and O–H groups in total. The molecule has 11 heteroatoms. The standard InChI is InChI=1S/C34H49N5O6/c1-26-6-3-7-29(37-26)23-39-17-4-8-31(40)36-25-34(15-21-43-2,33(42)38-28-13-19-44-20-14-28)22-27-9-11-30(12-10-27)45-24-32(41)35-16-5-18-39/h3,6-7,9-12,28H,4-5,8,13-25H2,1-2H3,(H,35,41)(H,36,40)(H,38,42). The Morgan fingerprint density at radius 3 is 2.60 bits per heavy atom. The molecule has 1 aromatic heterocycles. The molecule has 2 aromatic rings. The number of nitrogens with zero attached hydrogens (tertiary/aromatic N) is 2. The number of hydrogen-bond donors (Lipinski definition) is 3. The number of hydrogen-bond acceptors (Lipinski definition) is 8. The second-order valence-corrected chi connectivity index (χ2v) is 12.1. The van der Waals surface area contributed by atoms with E-state index in [2.05, 4.69) is 25.8 Å². The monoisotopic (exact) mass is 623 g/mol. The molecule has 0 radical (unpaired) electrons. The second kappa shape index (κ2) is 17.8. The third kappa shape index (κ3) is 11.4. The maximum Gasteiger partial charge on any atom is 0.257 e. The number of amides is 3. The first-order valence-electron chi connectivity index (χ1n) is 16.1. The highest BCUT2D eigenvalue weighted by molar-refractivity contribution is 5.85. The Hall–Kier alpha value is -3.54. The molecule has 1 atom stereocenters. The summed E-state index contributed by atoms with van der Waals surface area (Å²) in [6.07, 6.45) is 4.10. The van der Waals surface area contributed by atoms with E-state index >= 15 is 0 Å². The Balaban J connectivity index is 1.52. The Kier molecular flexibility index (Phi) is 13.6. The Morgan fingerprint density at radius 1 is 1.07 bits per heavy atom. The van der Waals surface area contributed by atoms with Gasteiger partial charge in [-0.05, 0) is 81.8 Å². The normalized spacial score (nSPS) is 21.7. The van der Waals surface area contributed by atoms with Crippen LogP contribution in [0.1, 0.15) is 55.5 Å². The van der Waals surface area contributed by atoms with Crippen molar-refractivity contribution in [1.82, 2.24) is 25.8 Å². The van der Waals surface area contributed by atoms with Crippen LogP contribution in [0.3, 0.4) is 0 Å². The number of carbonyl (C=O) groups is 3. The van der Waals surface area contributed by atoms with E-state index in [-0.39, 0.29) is 36.9 Å². The van der Waals surface area contributed by atoms with Crippen LogP contribution in [0.5, 0.6) is 5.75 Å². The fourth-order valence-corrected chi connectivity index (χ4v) is 5.82. The van der Waals surface area contributed by atoms with Gasteiger partial charge in [-0.1, -0.05) is 18.2 Å². The van der Waals surface area contributed by atoms with Gasteiger partial charge < -0.3 is 30.2 Å². The molecular weight excluding hydrogens is 574 g/mol. The van der Waals surface area contributed by atoms with Crippen molar-refractivity contribution in [3.05, 3.63) is 59.4 Å². The molecule has 1 aromatic carbocycles. The number of rotatable bonds is 7. The van der Waals surface area contributed by atoms with Gasteiger partial charge in [-0.3, -0.25) is 24.3 Å². The van der Waals surface area contributed by atoms with Gasteiger partial charge in [-0.25, -0.2) is 0 Å². The fraction of sp³-hybridized carbons (Fsp3) is 0.588. The van der Waals surface area contributed by atoms with Gasteiger partial charge in [-0.2, -0.15) is 0 Å². The van der Waals surface area contributed by atoms with Crippen molar-refractivity contribution in [2.45, 2.75) is 64.5 Å². The Bertz CT molecular complexity index is 1240. The van der Waals surface area contributed by atoms with Crippen molar-refractivity contribution in [1.29, 1.82) is 0 Å². The third-order valence-electron chi connectivity index (χ3n) is 8.47. The predicted molar refractivity (Wildman–Crippen MR) is 171 cm³/mol. The summed E-state index contributed by atoms with van der Waals surface area (Å²) in [5.41, 5.74) is 1.93. The summed E-state index contributed by atoms with van der Waals surface area (Å²) in [6, 6.07) is 13.5. The summed E-state index contributed by atoms with van der Waals surface area (Å²) in [6.45, 7) is 6.31. The van der Waals surface area contributed by atoms with Crippen molar-refractivity contribution in [2.75, 3.05) is 59.7 Å². The molecule has 4 heterocycles. The van der Waals surface area contributed by atoms with E-state index in [1.807, 2.05) is 49.4 Å². The number of benzene rings is 1. The lowest BCUT2D eigenvalue weighted by atomic mass is 9.77. The van der Waals surface area contributed by atoms with E-state index in [9.17, 15) is 14.4 Å². The van der Waals surface area contributed by atoms with Crippen molar-refractivity contribution in [3.8, 4) is 5.75 Å². The number of pyridine rings is 1. The zero-order valence-corrected chi connectivity index (χ0v) is 26.8. The molecule has 3 amide bonds. The zero-order chi connectivity index (χ0) is 31.9. The second-order valence-electron chi connectivity index (χ2n) is 12.1. The Morgan fingerprint density at radius 2 is 1.84 bits per heavy atom. The number of ether oxygens (including phenoxy) is 3. The maximum atomic E-state index is 14.0. The van der Waals surface area contributed by atoms with Gasteiger partial charge in [0.05, 0.1) is 11.1 Å². The SMILES string of the molecule is COCCC1(C(=O)NC2CCOCC2)CNC(=O)CCCN(Cc2cccc(C)n2)CCCNC(=O)COc2ccc(cc2)C1. The molecule has 0 spiro atoms. The predicted octanol–water partition coefficient (Wildman–Crippen LogP) is 2.55. The summed E-state index contributed by atoms with van der Waals surface area (Å²) in [7, 11) is 1.62. The lowest BCUT2D eigenvalue weighted by molar-refractivity contribution is -0.134. The minimum absolute atomic E-state index is 0.0261. The van der Waals surface area contributed by atoms with Gasteiger partial charge in [-0.15, -0.1) is 0 Å². The molecule has 0 aliphatic carbocycles. The zero-order valence-electron chi connectivity index (χ0n) is 26.8. The first-order chi connectivity index (χ1) is 21.8. The highest BCUT2D eigenvalue weighted by Gasteiger charge is 2.40. The smallest absolute Gasteiger partial charge is 0.257 e. The van der Waals surface area contributed by atoms with Crippen molar-refractivity contribution >= 4 is 17.7 Å². The van der Waals surface area contributed by atoms with E-state index in [0.29, 0.717) is 70.9 Å². The molecule has 3 aliphatic heterocycles. The molecule has 246 valence electrons. The quantitative estimate of drug-likeness (QED) is 0.429. The topological polar surface area (TPSA) is 131 Å². The van der Waals surface area contributed by atoms with Gasteiger partial charge >= 0.3 is 0 Å².